The number of rotatable bonds is 6. The predicted octanol–water partition coefficient (Wildman–Crippen LogP) is 4.50. The normalized spacial score (nSPS) is 15.9. The third kappa shape index (κ3) is 3.64. The standard InChI is InChI=1S/C21H20FN3O2S/c22-18-8-16-11-26-13-27-19(16)17(9-18)12-28-21-24-23-20(15-6-7-15)25(21)10-14-4-2-1-3-5-14/h1-5,8-9,15H,6-7,10-13H2. The van der Waals surface area contributed by atoms with Crippen molar-refractivity contribution < 1.29 is 13.9 Å². The van der Waals surface area contributed by atoms with E-state index in [2.05, 4.69) is 26.9 Å². The van der Waals surface area contributed by atoms with Gasteiger partial charge in [-0.25, -0.2) is 4.39 Å². The lowest BCUT2D eigenvalue weighted by Gasteiger charge is -2.20. The Kier molecular flexibility index (Phi) is 4.78. The molecule has 0 unspecified atom stereocenters. The average Bonchev–Trinajstić information content (AvgIpc) is 3.49. The lowest BCUT2D eigenvalue weighted by atomic mass is 10.1. The van der Waals surface area contributed by atoms with E-state index in [0.717, 1.165) is 34.4 Å². The van der Waals surface area contributed by atoms with Gasteiger partial charge in [0.1, 0.15) is 17.4 Å². The summed E-state index contributed by atoms with van der Waals surface area (Å²) in [6.07, 6.45) is 2.34. The predicted molar refractivity (Wildman–Crippen MR) is 104 cm³/mol. The molecule has 1 aromatic heterocycles. The highest BCUT2D eigenvalue weighted by atomic mass is 32.2. The van der Waals surface area contributed by atoms with Gasteiger partial charge in [-0.05, 0) is 30.5 Å². The maximum Gasteiger partial charge on any atom is 0.191 e. The zero-order valence-corrected chi connectivity index (χ0v) is 16.1. The van der Waals surface area contributed by atoms with Crippen LogP contribution in [0.3, 0.4) is 0 Å². The van der Waals surface area contributed by atoms with Gasteiger partial charge in [0.2, 0.25) is 0 Å². The summed E-state index contributed by atoms with van der Waals surface area (Å²) in [5, 5.41) is 9.76. The van der Waals surface area contributed by atoms with Crippen LogP contribution in [0.4, 0.5) is 4.39 Å². The van der Waals surface area contributed by atoms with Gasteiger partial charge in [-0.3, -0.25) is 0 Å². The molecular weight excluding hydrogens is 377 g/mol. The fourth-order valence-corrected chi connectivity index (χ4v) is 4.38. The molecule has 7 heteroatoms. The van der Waals surface area contributed by atoms with E-state index in [9.17, 15) is 4.39 Å². The summed E-state index contributed by atoms with van der Waals surface area (Å²) in [4.78, 5) is 0. The second kappa shape index (κ2) is 7.56. The number of aromatic nitrogens is 3. The number of fused-ring (bicyclic) bond motifs is 1. The summed E-state index contributed by atoms with van der Waals surface area (Å²) >= 11 is 1.57. The van der Waals surface area contributed by atoms with E-state index >= 15 is 0 Å². The molecule has 0 N–H and O–H groups in total. The Hall–Kier alpha value is -2.38. The molecule has 0 bridgehead atoms. The van der Waals surface area contributed by atoms with Crippen molar-refractivity contribution in [3.05, 3.63) is 70.8 Å². The van der Waals surface area contributed by atoms with Crippen molar-refractivity contribution in [2.75, 3.05) is 6.79 Å². The number of hydrogen-bond donors (Lipinski definition) is 0. The van der Waals surface area contributed by atoms with Crippen LogP contribution in [0.2, 0.25) is 0 Å². The van der Waals surface area contributed by atoms with Crippen molar-refractivity contribution >= 4 is 11.8 Å². The van der Waals surface area contributed by atoms with E-state index in [4.69, 9.17) is 9.47 Å². The maximum atomic E-state index is 14.0. The lowest BCUT2D eigenvalue weighted by molar-refractivity contribution is -0.0171. The van der Waals surface area contributed by atoms with E-state index in [0.29, 0.717) is 18.3 Å². The second-order valence-corrected chi connectivity index (χ2v) is 8.08. The van der Waals surface area contributed by atoms with Gasteiger partial charge in [0, 0.05) is 22.8 Å². The van der Waals surface area contributed by atoms with Crippen molar-refractivity contribution in [3.8, 4) is 5.75 Å². The van der Waals surface area contributed by atoms with Crippen LogP contribution in [-0.4, -0.2) is 21.6 Å². The minimum atomic E-state index is -0.270. The molecule has 5 nitrogen and oxygen atoms in total. The summed E-state index contributed by atoms with van der Waals surface area (Å²) in [5.74, 6) is 2.59. The first-order valence-electron chi connectivity index (χ1n) is 9.39. The van der Waals surface area contributed by atoms with Crippen LogP contribution in [0.1, 0.15) is 41.3 Å². The van der Waals surface area contributed by atoms with Gasteiger partial charge >= 0.3 is 0 Å². The molecule has 3 aromatic rings. The van der Waals surface area contributed by atoms with Crippen LogP contribution < -0.4 is 4.74 Å². The molecule has 144 valence electrons. The van der Waals surface area contributed by atoms with Crippen molar-refractivity contribution in [2.24, 2.45) is 0 Å². The first kappa shape index (κ1) is 17.7. The largest absolute Gasteiger partial charge is 0.467 e. The molecule has 0 saturated heterocycles. The highest BCUT2D eigenvalue weighted by Crippen LogP contribution is 2.41. The molecule has 0 radical (unpaired) electrons. The highest BCUT2D eigenvalue weighted by molar-refractivity contribution is 7.98. The average molecular weight is 397 g/mol. The molecule has 1 saturated carbocycles. The lowest BCUT2D eigenvalue weighted by Crippen LogP contribution is -2.13. The number of ether oxygens (including phenoxy) is 2. The summed E-state index contributed by atoms with van der Waals surface area (Å²) in [6, 6.07) is 13.3. The second-order valence-electron chi connectivity index (χ2n) is 7.14. The summed E-state index contributed by atoms with van der Waals surface area (Å²) in [5.41, 5.74) is 2.80. The molecule has 1 aliphatic carbocycles. The minimum absolute atomic E-state index is 0.201. The fourth-order valence-electron chi connectivity index (χ4n) is 3.47. The molecule has 5 rings (SSSR count). The smallest absolute Gasteiger partial charge is 0.191 e. The SMILES string of the molecule is Fc1cc2c(c(CSc3nnc(C4CC4)n3Cc3ccccc3)c1)OCOC2. The van der Waals surface area contributed by atoms with Crippen molar-refractivity contribution in [1.82, 2.24) is 14.8 Å². The molecule has 0 amide bonds. The van der Waals surface area contributed by atoms with Crippen LogP contribution >= 0.6 is 11.8 Å². The number of hydrogen-bond acceptors (Lipinski definition) is 5. The topological polar surface area (TPSA) is 49.2 Å². The fraction of sp³-hybridized carbons (Fsp3) is 0.333. The van der Waals surface area contributed by atoms with Gasteiger partial charge in [-0.1, -0.05) is 42.1 Å². The number of nitrogens with zero attached hydrogens (tertiary/aromatic N) is 3. The third-order valence-corrected chi connectivity index (χ3v) is 6.00. The molecule has 0 atom stereocenters. The maximum absolute atomic E-state index is 14.0. The Morgan fingerprint density at radius 2 is 2.00 bits per heavy atom. The van der Waals surface area contributed by atoms with Gasteiger partial charge < -0.3 is 14.0 Å². The molecule has 2 heterocycles. The molecular formula is C21H20FN3O2S. The van der Waals surface area contributed by atoms with Crippen LogP contribution in [0.5, 0.6) is 5.75 Å². The third-order valence-electron chi connectivity index (χ3n) is 4.98. The first-order valence-corrected chi connectivity index (χ1v) is 10.4. The van der Waals surface area contributed by atoms with Gasteiger partial charge in [0.25, 0.3) is 0 Å². The van der Waals surface area contributed by atoms with E-state index in [1.165, 1.54) is 30.5 Å². The number of thioether (sulfide) groups is 1. The van der Waals surface area contributed by atoms with Gasteiger partial charge in [-0.15, -0.1) is 10.2 Å². The van der Waals surface area contributed by atoms with E-state index in [1.54, 1.807) is 11.8 Å². The van der Waals surface area contributed by atoms with E-state index in [1.807, 2.05) is 18.2 Å². The van der Waals surface area contributed by atoms with Gasteiger partial charge in [0.15, 0.2) is 11.9 Å². The van der Waals surface area contributed by atoms with Crippen molar-refractivity contribution in [1.29, 1.82) is 0 Å². The van der Waals surface area contributed by atoms with Crippen LogP contribution in [-0.2, 0) is 23.6 Å². The zero-order chi connectivity index (χ0) is 18.9. The molecule has 0 spiro atoms. The summed E-state index contributed by atoms with van der Waals surface area (Å²) < 4.78 is 27.1. The monoisotopic (exact) mass is 397 g/mol. The Bertz CT molecular complexity index is 989. The van der Waals surface area contributed by atoms with Crippen LogP contribution in [0, 0.1) is 5.82 Å². The van der Waals surface area contributed by atoms with E-state index in [-0.39, 0.29) is 12.6 Å². The van der Waals surface area contributed by atoms with Crippen LogP contribution in [0.15, 0.2) is 47.6 Å². The van der Waals surface area contributed by atoms with Crippen molar-refractivity contribution in [2.45, 2.75) is 42.8 Å². The van der Waals surface area contributed by atoms with Gasteiger partial charge in [-0.2, -0.15) is 0 Å². The Morgan fingerprint density at radius 3 is 2.82 bits per heavy atom. The Morgan fingerprint density at radius 1 is 1.14 bits per heavy atom. The Labute approximate surface area is 166 Å². The molecule has 2 aromatic carbocycles. The zero-order valence-electron chi connectivity index (χ0n) is 15.3. The highest BCUT2D eigenvalue weighted by Gasteiger charge is 2.30. The van der Waals surface area contributed by atoms with Gasteiger partial charge in [0.05, 0.1) is 13.2 Å². The Balaban J connectivity index is 1.41. The molecule has 2 aliphatic rings. The van der Waals surface area contributed by atoms with Crippen LogP contribution in [0.25, 0.3) is 0 Å². The minimum Gasteiger partial charge on any atom is -0.467 e. The summed E-state index contributed by atoms with van der Waals surface area (Å²) in [7, 11) is 0. The molecule has 1 fully saturated rings. The quantitative estimate of drug-likeness (QED) is 0.573. The first-order chi connectivity index (χ1) is 13.8. The number of halogens is 1. The molecule has 1 aliphatic heterocycles. The van der Waals surface area contributed by atoms with Crippen molar-refractivity contribution in [3.63, 3.8) is 0 Å². The molecule has 28 heavy (non-hydrogen) atoms. The summed E-state index contributed by atoms with van der Waals surface area (Å²) in [6.45, 7) is 1.32. The van der Waals surface area contributed by atoms with E-state index < -0.39 is 0 Å². The number of benzene rings is 2.